The van der Waals surface area contributed by atoms with Crippen molar-refractivity contribution in [3.8, 4) is 0 Å². The fraction of sp³-hybridized carbons (Fsp3) is 0.389. The number of carbonyl (C=O) groups excluding carboxylic acids is 2. The van der Waals surface area contributed by atoms with Gasteiger partial charge in [0.05, 0.1) is 21.8 Å². The largest absolute Gasteiger partial charge is 0.444 e. The van der Waals surface area contributed by atoms with Crippen molar-refractivity contribution >= 4 is 80.7 Å². The number of nitrogens with one attached hydrogen (secondary N) is 2. The first-order chi connectivity index (χ1) is 22.9. The molecule has 12 heteroatoms. The first kappa shape index (κ1) is 35.9. The van der Waals surface area contributed by atoms with Crippen LogP contribution in [0.5, 0.6) is 0 Å². The normalized spacial score (nSPS) is 13.4. The number of fused-ring (bicyclic) bond motifs is 2. The first-order valence-corrected chi connectivity index (χ1v) is 18.5. The molecule has 0 bridgehead atoms. The summed E-state index contributed by atoms with van der Waals surface area (Å²) in [7, 11) is 1.82. The Labute approximate surface area is 301 Å². The van der Waals surface area contributed by atoms with Crippen LogP contribution in [-0.2, 0) is 30.7 Å². The standard InChI is InChI=1S/C18H22ClN3OS.C18H21ClN2O2S/c1-3-9-21(2)18(23)20-14-4-6-16-13(11-14)8-10-22(16)12-15-5-7-17(19)24-15;1-18(2,3)23-17(22)20-13-4-6-15-12(10-13)8-9-21(15)11-14-5-7-16(19)24-14/h4-7,11H,3,8-10,12H2,1-2H3,(H,20,23);4-7,10H,8-9,11H2,1-3H3,(H,20,22). The summed E-state index contributed by atoms with van der Waals surface area (Å²) in [6.45, 7) is 12.1. The molecule has 6 rings (SSSR count). The predicted molar refractivity (Wildman–Crippen MR) is 203 cm³/mol. The van der Waals surface area contributed by atoms with Crippen LogP contribution < -0.4 is 20.4 Å². The van der Waals surface area contributed by atoms with Crippen molar-refractivity contribution in [1.82, 2.24) is 4.90 Å². The number of hydrogen-bond acceptors (Lipinski definition) is 7. The topological polar surface area (TPSA) is 77.1 Å². The minimum atomic E-state index is -0.500. The summed E-state index contributed by atoms with van der Waals surface area (Å²) in [6, 6.07) is 20.2. The van der Waals surface area contributed by atoms with Gasteiger partial charge in [0.15, 0.2) is 0 Å². The van der Waals surface area contributed by atoms with Gasteiger partial charge in [-0.25, -0.2) is 9.59 Å². The summed E-state index contributed by atoms with van der Waals surface area (Å²) in [5, 5.41) is 5.78. The Hall–Kier alpha value is -3.44. The second-order valence-corrected chi connectivity index (χ2v) is 16.5. The molecule has 8 nitrogen and oxygen atoms in total. The lowest BCUT2D eigenvalue weighted by Crippen LogP contribution is -2.31. The zero-order chi connectivity index (χ0) is 34.4. The number of nitrogens with zero attached hydrogens (tertiary/aromatic N) is 3. The Morgan fingerprint density at radius 2 is 1.31 bits per heavy atom. The van der Waals surface area contributed by atoms with Crippen molar-refractivity contribution in [1.29, 1.82) is 0 Å². The van der Waals surface area contributed by atoms with Gasteiger partial charge in [-0.3, -0.25) is 5.32 Å². The van der Waals surface area contributed by atoms with Crippen LogP contribution >= 0.6 is 45.9 Å². The lowest BCUT2D eigenvalue weighted by Gasteiger charge is -2.20. The zero-order valence-corrected chi connectivity index (χ0v) is 31.2. The molecule has 2 N–H and O–H groups in total. The van der Waals surface area contributed by atoms with Gasteiger partial charge in [0.25, 0.3) is 0 Å². The highest BCUT2D eigenvalue weighted by molar-refractivity contribution is 7.16. The molecule has 2 aliphatic heterocycles. The van der Waals surface area contributed by atoms with Crippen LogP contribution in [0.3, 0.4) is 0 Å². The van der Waals surface area contributed by atoms with Gasteiger partial charge in [0.1, 0.15) is 5.60 Å². The number of amides is 3. The smallest absolute Gasteiger partial charge is 0.412 e. The van der Waals surface area contributed by atoms with Gasteiger partial charge in [-0.05, 0) is 112 Å². The summed E-state index contributed by atoms with van der Waals surface area (Å²) >= 11 is 15.3. The molecule has 0 unspecified atom stereocenters. The molecule has 48 heavy (non-hydrogen) atoms. The van der Waals surface area contributed by atoms with E-state index < -0.39 is 11.7 Å². The molecule has 0 saturated carbocycles. The Kier molecular flexibility index (Phi) is 11.8. The average molecular weight is 729 g/mol. The lowest BCUT2D eigenvalue weighted by atomic mass is 10.1. The molecule has 0 atom stereocenters. The molecule has 0 saturated heterocycles. The molecule has 2 aromatic carbocycles. The minimum Gasteiger partial charge on any atom is -0.444 e. The van der Waals surface area contributed by atoms with Crippen LogP contribution in [0, 0.1) is 0 Å². The number of halogens is 2. The number of thiophene rings is 2. The van der Waals surface area contributed by atoms with Crippen LogP contribution in [0.1, 0.15) is 55.0 Å². The van der Waals surface area contributed by atoms with E-state index in [1.54, 1.807) is 27.6 Å². The fourth-order valence-corrected chi connectivity index (χ4v) is 7.96. The molecule has 0 radical (unpaired) electrons. The van der Waals surface area contributed by atoms with Crippen molar-refractivity contribution in [3.63, 3.8) is 0 Å². The molecule has 4 aromatic rings. The maximum absolute atomic E-state index is 12.1. The van der Waals surface area contributed by atoms with Gasteiger partial charge in [0, 0.05) is 59.2 Å². The maximum atomic E-state index is 12.1. The van der Waals surface area contributed by atoms with Crippen LogP contribution in [0.2, 0.25) is 8.67 Å². The van der Waals surface area contributed by atoms with Gasteiger partial charge in [-0.1, -0.05) is 30.1 Å². The summed E-state index contributed by atoms with van der Waals surface area (Å²) < 4.78 is 6.94. The van der Waals surface area contributed by atoms with Gasteiger partial charge in [0.2, 0.25) is 0 Å². The van der Waals surface area contributed by atoms with E-state index in [1.807, 2.05) is 58.2 Å². The van der Waals surface area contributed by atoms with E-state index in [0.717, 1.165) is 72.0 Å². The second-order valence-electron chi connectivity index (χ2n) is 12.9. The molecule has 4 heterocycles. The number of anilines is 4. The molecule has 0 spiro atoms. The van der Waals surface area contributed by atoms with Crippen molar-refractivity contribution < 1.29 is 14.3 Å². The molecule has 0 fully saturated rings. The highest BCUT2D eigenvalue weighted by atomic mass is 35.5. The highest BCUT2D eigenvalue weighted by Crippen LogP contribution is 2.35. The number of benzene rings is 2. The highest BCUT2D eigenvalue weighted by Gasteiger charge is 2.23. The van der Waals surface area contributed by atoms with E-state index in [1.165, 1.54) is 32.3 Å². The summed E-state index contributed by atoms with van der Waals surface area (Å²) in [6.07, 6.45) is 2.50. The molecular weight excluding hydrogens is 685 g/mol. The van der Waals surface area contributed by atoms with Gasteiger partial charge in [-0.15, -0.1) is 22.7 Å². The van der Waals surface area contributed by atoms with E-state index in [2.05, 4.69) is 57.7 Å². The minimum absolute atomic E-state index is 0.0557. The summed E-state index contributed by atoms with van der Waals surface area (Å²) in [5.74, 6) is 0. The lowest BCUT2D eigenvalue weighted by molar-refractivity contribution is 0.0636. The Bertz CT molecular complexity index is 1730. The Morgan fingerprint density at radius 1 is 0.812 bits per heavy atom. The number of rotatable bonds is 8. The second kappa shape index (κ2) is 15.8. The summed E-state index contributed by atoms with van der Waals surface area (Å²) in [5.41, 5.74) is 6.12. The van der Waals surface area contributed by atoms with E-state index >= 15 is 0 Å². The molecule has 3 amide bonds. The predicted octanol–water partition coefficient (Wildman–Crippen LogP) is 10.1. The van der Waals surface area contributed by atoms with Crippen LogP contribution in [0.25, 0.3) is 0 Å². The van der Waals surface area contributed by atoms with Crippen LogP contribution in [0.15, 0.2) is 60.7 Å². The van der Waals surface area contributed by atoms with Crippen molar-refractivity contribution in [2.24, 2.45) is 0 Å². The van der Waals surface area contributed by atoms with Crippen LogP contribution in [0.4, 0.5) is 32.3 Å². The van der Waals surface area contributed by atoms with Crippen molar-refractivity contribution in [2.45, 2.75) is 65.6 Å². The summed E-state index contributed by atoms with van der Waals surface area (Å²) in [4.78, 5) is 32.9. The van der Waals surface area contributed by atoms with E-state index in [9.17, 15) is 9.59 Å². The Morgan fingerprint density at radius 3 is 1.75 bits per heavy atom. The SMILES string of the molecule is CC(C)(C)OC(=O)Nc1ccc2c(c1)CCN2Cc1ccc(Cl)s1.CCCN(C)C(=O)Nc1ccc2c(c1)CCN2Cc1ccc(Cl)s1. The molecule has 256 valence electrons. The third kappa shape index (κ3) is 9.81. The first-order valence-electron chi connectivity index (χ1n) is 16.1. The van der Waals surface area contributed by atoms with Gasteiger partial charge < -0.3 is 24.8 Å². The van der Waals surface area contributed by atoms with Crippen molar-refractivity contribution in [2.75, 3.05) is 47.1 Å². The number of urea groups is 1. The molecule has 2 aromatic heterocycles. The van der Waals surface area contributed by atoms with Crippen LogP contribution in [-0.4, -0.2) is 49.3 Å². The molecular formula is C36H43Cl2N5O3S2. The third-order valence-corrected chi connectivity index (χ3v) is 10.3. The van der Waals surface area contributed by atoms with Crippen molar-refractivity contribution in [3.05, 3.63) is 90.2 Å². The molecule has 2 aliphatic rings. The van der Waals surface area contributed by atoms with E-state index in [4.69, 9.17) is 27.9 Å². The number of ether oxygens (including phenoxy) is 1. The maximum Gasteiger partial charge on any atom is 0.412 e. The van der Waals surface area contributed by atoms with Gasteiger partial charge in [-0.2, -0.15) is 0 Å². The third-order valence-electron chi connectivity index (χ3n) is 7.90. The average Bonchev–Trinajstić information content (AvgIpc) is 3.81. The Balaban J connectivity index is 0.000000188. The molecule has 0 aliphatic carbocycles. The number of hydrogen-bond donors (Lipinski definition) is 2. The van der Waals surface area contributed by atoms with Gasteiger partial charge >= 0.3 is 12.1 Å². The monoisotopic (exact) mass is 727 g/mol. The number of carbonyl (C=O) groups is 2. The fourth-order valence-electron chi connectivity index (χ4n) is 5.75. The quantitative estimate of drug-likeness (QED) is 0.189. The zero-order valence-electron chi connectivity index (χ0n) is 28.1. The van der Waals surface area contributed by atoms with E-state index in [-0.39, 0.29) is 6.03 Å². The van der Waals surface area contributed by atoms with E-state index in [0.29, 0.717) is 0 Å².